The number of halogens is 3. The number of hydrogen-bond donors (Lipinski definition) is 1. The van der Waals surface area contributed by atoms with Crippen molar-refractivity contribution in [2.24, 2.45) is 0 Å². The third-order valence-corrected chi connectivity index (χ3v) is 7.64. The Bertz CT molecular complexity index is 966. The summed E-state index contributed by atoms with van der Waals surface area (Å²) in [5.74, 6) is 0.724. The van der Waals surface area contributed by atoms with Gasteiger partial charge in [0.05, 0.1) is 5.75 Å². The molecule has 4 nitrogen and oxygen atoms in total. The highest BCUT2D eigenvalue weighted by atomic mass is 35.5. The van der Waals surface area contributed by atoms with Gasteiger partial charge in [0.15, 0.2) is 0 Å². The lowest BCUT2D eigenvalue weighted by Gasteiger charge is -2.31. The van der Waals surface area contributed by atoms with E-state index >= 15 is 0 Å². The van der Waals surface area contributed by atoms with E-state index in [0.717, 1.165) is 36.8 Å². The number of carbonyl (C=O) groups is 2. The van der Waals surface area contributed by atoms with Crippen LogP contribution in [0.4, 0.5) is 0 Å². The number of amides is 2. The maximum Gasteiger partial charge on any atom is 0.243 e. The monoisotopic (exact) mass is 526 g/mol. The van der Waals surface area contributed by atoms with Gasteiger partial charge in [-0.25, -0.2) is 0 Å². The number of nitrogens with one attached hydrogen (secondary N) is 1. The van der Waals surface area contributed by atoms with Crippen molar-refractivity contribution in [1.29, 1.82) is 0 Å². The van der Waals surface area contributed by atoms with Crippen molar-refractivity contribution in [3.8, 4) is 0 Å². The van der Waals surface area contributed by atoms with Crippen LogP contribution in [0.3, 0.4) is 0 Å². The Morgan fingerprint density at radius 1 is 1.09 bits per heavy atom. The second-order valence-electron chi connectivity index (χ2n) is 8.29. The van der Waals surface area contributed by atoms with Crippen molar-refractivity contribution in [2.75, 3.05) is 5.75 Å². The topological polar surface area (TPSA) is 49.4 Å². The molecule has 2 amide bonds. The SMILES string of the molecule is CC[C@H](C(=O)NC1CCCC1)N(Cc1ccc(Cl)cc1Cl)C(=O)CSCc1cccc(Cl)c1. The van der Waals surface area contributed by atoms with Crippen LogP contribution in [-0.4, -0.2) is 34.6 Å². The molecular weight excluding hydrogens is 499 g/mol. The molecule has 1 aliphatic rings. The van der Waals surface area contributed by atoms with Gasteiger partial charge in [0, 0.05) is 33.4 Å². The molecule has 1 saturated carbocycles. The lowest BCUT2D eigenvalue weighted by molar-refractivity contribution is -0.139. The minimum Gasteiger partial charge on any atom is -0.352 e. The van der Waals surface area contributed by atoms with Crippen LogP contribution in [0.1, 0.15) is 50.2 Å². The van der Waals surface area contributed by atoms with Gasteiger partial charge in [-0.3, -0.25) is 9.59 Å². The van der Waals surface area contributed by atoms with Crippen LogP contribution >= 0.6 is 46.6 Å². The molecule has 0 bridgehead atoms. The molecule has 33 heavy (non-hydrogen) atoms. The van der Waals surface area contributed by atoms with Gasteiger partial charge >= 0.3 is 0 Å². The average Bonchev–Trinajstić information content (AvgIpc) is 3.28. The summed E-state index contributed by atoms with van der Waals surface area (Å²) in [7, 11) is 0. The standard InChI is InChI=1S/C25H29Cl3N2O2S/c1-2-23(25(32)29-21-8-3-4-9-21)30(14-18-10-11-20(27)13-22(18)28)24(31)16-33-15-17-6-5-7-19(26)12-17/h5-7,10-13,21,23H,2-4,8-9,14-16H2,1H3,(H,29,32)/t23-/m1/s1. The van der Waals surface area contributed by atoms with Crippen LogP contribution in [0.2, 0.25) is 15.1 Å². The zero-order valence-corrected chi connectivity index (χ0v) is 21.7. The van der Waals surface area contributed by atoms with Crippen molar-refractivity contribution < 1.29 is 9.59 Å². The third-order valence-electron chi connectivity index (χ3n) is 5.83. The van der Waals surface area contributed by atoms with Crippen LogP contribution in [0.5, 0.6) is 0 Å². The summed E-state index contributed by atoms with van der Waals surface area (Å²) in [6.07, 6.45) is 4.77. The maximum absolute atomic E-state index is 13.4. The number of benzene rings is 2. The first-order valence-electron chi connectivity index (χ1n) is 11.2. The quantitative estimate of drug-likeness (QED) is 0.372. The Kier molecular flexibility index (Phi) is 10.2. The molecule has 178 valence electrons. The highest BCUT2D eigenvalue weighted by Crippen LogP contribution is 2.25. The van der Waals surface area contributed by atoms with E-state index in [0.29, 0.717) is 27.2 Å². The summed E-state index contributed by atoms with van der Waals surface area (Å²) >= 11 is 20.0. The van der Waals surface area contributed by atoms with E-state index in [1.54, 1.807) is 17.0 Å². The fraction of sp³-hybridized carbons (Fsp3) is 0.440. The Morgan fingerprint density at radius 3 is 2.48 bits per heavy atom. The molecule has 1 aliphatic carbocycles. The third kappa shape index (κ3) is 7.81. The van der Waals surface area contributed by atoms with Crippen molar-refractivity contribution in [2.45, 2.75) is 63.4 Å². The summed E-state index contributed by atoms with van der Waals surface area (Å²) < 4.78 is 0. The number of nitrogens with zero attached hydrogens (tertiary/aromatic N) is 1. The van der Waals surface area contributed by atoms with E-state index in [-0.39, 0.29) is 30.2 Å². The van der Waals surface area contributed by atoms with Crippen molar-refractivity contribution in [3.05, 3.63) is 68.7 Å². The van der Waals surface area contributed by atoms with E-state index in [1.165, 1.54) is 11.8 Å². The van der Waals surface area contributed by atoms with Gasteiger partial charge in [-0.2, -0.15) is 0 Å². The Balaban J connectivity index is 1.73. The summed E-state index contributed by atoms with van der Waals surface area (Å²) in [5.41, 5.74) is 1.82. The van der Waals surface area contributed by atoms with Gasteiger partial charge in [-0.1, -0.05) is 72.8 Å². The predicted molar refractivity (Wildman–Crippen MR) is 139 cm³/mol. The number of rotatable bonds is 10. The van der Waals surface area contributed by atoms with Crippen LogP contribution in [0.15, 0.2) is 42.5 Å². The summed E-state index contributed by atoms with van der Waals surface area (Å²) in [4.78, 5) is 28.2. The van der Waals surface area contributed by atoms with Crippen LogP contribution in [0, 0.1) is 0 Å². The molecule has 0 radical (unpaired) electrons. The molecule has 1 N–H and O–H groups in total. The van der Waals surface area contributed by atoms with Crippen molar-refractivity contribution in [3.63, 3.8) is 0 Å². The molecule has 0 heterocycles. The molecule has 0 aromatic heterocycles. The van der Waals surface area contributed by atoms with Crippen LogP contribution in [0.25, 0.3) is 0 Å². The number of carbonyl (C=O) groups excluding carboxylic acids is 2. The first kappa shape index (κ1) is 26.2. The van der Waals surface area contributed by atoms with Crippen molar-refractivity contribution >= 4 is 58.4 Å². The zero-order chi connectivity index (χ0) is 23.8. The normalized spacial score (nSPS) is 14.8. The predicted octanol–water partition coefficient (Wildman–Crippen LogP) is 6.75. The van der Waals surface area contributed by atoms with Gasteiger partial charge < -0.3 is 10.2 Å². The molecule has 0 spiro atoms. The fourth-order valence-electron chi connectivity index (χ4n) is 4.09. The van der Waals surface area contributed by atoms with E-state index in [9.17, 15) is 9.59 Å². The molecule has 1 atom stereocenters. The van der Waals surface area contributed by atoms with Gasteiger partial charge in [-0.15, -0.1) is 11.8 Å². The van der Waals surface area contributed by atoms with E-state index in [4.69, 9.17) is 34.8 Å². The maximum atomic E-state index is 13.4. The molecular formula is C25H29Cl3N2O2S. The second kappa shape index (κ2) is 12.9. The molecule has 0 aliphatic heterocycles. The molecule has 0 saturated heterocycles. The van der Waals surface area contributed by atoms with Crippen LogP contribution < -0.4 is 5.32 Å². The average molecular weight is 528 g/mol. The molecule has 1 fully saturated rings. The van der Waals surface area contributed by atoms with Gasteiger partial charge in [0.25, 0.3) is 0 Å². The lowest BCUT2D eigenvalue weighted by atomic mass is 10.1. The fourth-order valence-corrected chi connectivity index (χ4v) is 5.63. The second-order valence-corrected chi connectivity index (χ2v) is 10.6. The zero-order valence-electron chi connectivity index (χ0n) is 18.7. The molecule has 8 heteroatoms. The highest BCUT2D eigenvalue weighted by molar-refractivity contribution is 7.99. The smallest absolute Gasteiger partial charge is 0.243 e. The molecule has 0 unspecified atom stereocenters. The van der Waals surface area contributed by atoms with Gasteiger partial charge in [-0.05, 0) is 54.7 Å². The Morgan fingerprint density at radius 2 is 1.82 bits per heavy atom. The van der Waals surface area contributed by atoms with Gasteiger partial charge in [0.2, 0.25) is 11.8 Å². The molecule has 3 rings (SSSR count). The van der Waals surface area contributed by atoms with Gasteiger partial charge in [0.1, 0.15) is 6.04 Å². The van der Waals surface area contributed by atoms with Crippen LogP contribution in [-0.2, 0) is 21.9 Å². The summed E-state index contributed by atoms with van der Waals surface area (Å²) in [6.45, 7) is 2.19. The summed E-state index contributed by atoms with van der Waals surface area (Å²) in [6, 6.07) is 12.5. The first-order valence-corrected chi connectivity index (χ1v) is 13.5. The van der Waals surface area contributed by atoms with E-state index in [2.05, 4.69) is 5.32 Å². The first-order chi connectivity index (χ1) is 15.9. The minimum absolute atomic E-state index is 0.0947. The number of thioether (sulfide) groups is 1. The summed E-state index contributed by atoms with van der Waals surface area (Å²) in [5, 5.41) is 4.85. The number of hydrogen-bond acceptors (Lipinski definition) is 3. The lowest BCUT2D eigenvalue weighted by Crippen LogP contribution is -2.51. The Hall–Kier alpha value is -1.40. The molecule has 2 aromatic carbocycles. The minimum atomic E-state index is -0.559. The van der Waals surface area contributed by atoms with Crippen molar-refractivity contribution in [1.82, 2.24) is 10.2 Å². The molecule has 2 aromatic rings. The largest absolute Gasteiger partial charge is 0.352 e. The van der Waals surface area contributed by atoms with E-state index in [1.807, 2.05) is 37.3 Å². The Labute approximate surface area is 215 Å². The van der Waals surface area contributed by atoms with E-state index < -0.39 is 6.04 Å². The highest BCUT2D eigenvalue weighted by Gasteiger charge is 2.30.